The van der Waals surface area contributed by atoms with Gasteiger partial charge in [-0.2, -0.15) is 0 Å². The molecule has 202 valence electrons. The molecule has 2 amide bonds. The van der Waals surface area contributed by atoms with E-state index in [0.29, 0.717) is 10.6 Å². The molecule has 0 aliphatic carbocycles. The Kier molecular flexibility index (Phi) is 7.60. The third-order valence-electron chi connectivity index (χ3n) is 5.88. The third kappa shape index (κ3) is 5.71. The van der Waals surface area contributed by atoms with Crippen LogP contribution in [0.3, 0.4) is 0 Å². The maximum absolute atomic E-state index is 15.4. The van der Waals surface area contributed by atoms with Gasteiger partial charge in [-0.1, -0.05) is 44.5 Å². The second-order valence-corrected chi connectivity index (χ2v) is 12.4. The average Bonchev–Trinajstić information content (AvgIpc) is 3.31. The Morgan fingerprint density at radius 3 is 2.53 bits per heavy atom. The van der Waals surface area contributed by atoms with E-state index in [2.05, 4.69) is 15.5 Å². The Morgan fingerprint density at radius 1 is 1.24 bits per heavy atom. The van der Waals surface area contributed by atoms with E-state index in [1.54, 1.807) is 24.3 Å². The van der Waals surface area contributed by atoms with Crippen LogP contribution in [-0.4, -0.2) is 48.8 Å². The predicted octanol–water partition coefficient (Wildman–Crippen LogP) is 2.98. The van der Waals surface area contributed by atoms with Crippen molar-refractivity contribution >= 4 is 38.9 Å². The van der Waals surface area contributed by atoms with Gasteiger partial charge in [-0.25, -0.2) is 12.8 Å². The van der Waals surface area contributed by atoms with Crippen molar-refractivity contribution in [1.82, 2.24) is 15.5 Å². The number of nitrogens with zero attached hydrogens (tertiary/aromatic N) is 3. The molecule has 2 aromatic carbocycles. The number of benzene rings is 2. The quantitative estimate of drug-likeness (QED) is 0.465. The summed E-state index contributed by atoms with van der Waals surface area (Å²) in [4.78, 5) is 26.8. The summed E-state index contributed by atoms with van der Waals surface area (Å²) < 4.78 is 47.8. The summed E-state index contributed by atoms with van der Waals surface area (Å²) in [6.07, 6.45) is -0.0972. The molecule has 4 rings (SSSR count). The van der Waals surface area contributed by atoms with E-state index in [-0.39, 0.29) is 42.5 Å². The second-order valence-electron chi connectivity index (χ2n) is 9.95. The fourth-order valence-electron chi connectivity index (χ4n) is 3.93. The lowest BCUT2D eigenvalue weighted by Gasteiger charge is -2.26. The normalized spacial score (nSPS) is 17.2. The first kappa shape index (κ1) is 27.7. The Labute approximate surface area is 224 Å². The third-order valence-corrected chi connectivity index (χ3v) is 7.90. The van der Waals surface area contributed by atoms with Crippen LogP contribution in [0, 0.1) is 5.82 Å². The molecule has 0 fully saturated rings. The molecule has 1 atom stereocenters. The molecule has 10 nitrogen and oxygen atoms in total. The van der Waals surface area contributed by atoms with E-state index in [1.807, 2.05) is 20.8 Å². The molecule has 1 aliphatic heterocycles. The number of nitrogens with two attached hydrogens (primary N) is 1. The maximum Gasteiger partial charge on any atom is 0.250 e. The molecule has 0 bridgehead atoms. The van der Waals surface area contributed by atoms with Crippen molar-refractivity contribution in [2.75, 3.05) is 17.2 Å². The highest BCUT2D eigenvalue weighted by molar-refractivity contribution is 7.91. The number of hydrogen-bond acceptors (Lipinski definition) is 8. The van der Waals surface area contributed by atoms with Gasteiger partial charge in [0.05, 0.1) is 28.4 Å². The Bertz CT molecular complexity index is 1480. The molecule has 3 aromatic rings. The zero-order chi connectivity index (χ0) is 27.8. The van der Waals surface area contributed by atoms with E-state index in [9.17, 15) is 18.0 Å². The summed E-state index contributed by atoms with van der Waals surface area (Å²) in [7, 11) is -4.23. The van der Waals surface area contributed by atoms with E-state index >= 15 is 4.39 Å². The summed E-state index contributed by atoms with van der Waals surface area (Å²) in [5.41, 5.74) is 5.30. The van der Waals surface area contributed by atoms with E-state index in [4.69, 9.17) is 21.8 Å². The number of aromatic nitrogens is 2. The highest BCUT2D eigenvalue weighted by Gasteiger charge is 2.40. The van der Waals surface area contributed by atoms with Crippen molar-refractivity contribution in [2.45, 2.75) is 50.1 Å². The average molecular weight is 564 g/mol. The van der Waals surface area contributed by atoms with Gasteiger partial charge in [-0.05, 0) is 29.8 Å². The molecular formula is C25H27ClFN5O5S. The summed E-state index contributed by atoms with van der Waals surface area (Å²) in [5, 5.41) is 10.9. The van der Waals surface area contributed by atoms with Crippen LogP contribution in [0.15, 0.2) is 45.7 Å². The summed E-state index contributed by atoms with van der Waals surface area (Å²) >= 11 is 6.00. The summed E-state index contributed by atoms with van der Waals surface area (Å²) in [6.45, 7) is 5.47. The standard InChI is InChI=1S/C25H27ClFN5O5S/c1-25(2,3)24-31-30-22(37-24)16-10-19-20(11-17(16)27)38(35,36)13-18(29-21(33)8-9-28)23(34)32(19)12-14-4-6-15(26)7-5-14/h4-7,10-11,18H,8-9,12-13,28H2,1-3H3,(H,29,33)/t18-/m0/s1. The Hall–Kier alpha value is -3.35. The van der Waals surface area contributed by atoms with Crippen LogP contribution in [0.25, 0.3) is 11.5 Å². The number of carbonyl (C=O) groups excluding carboxylic acids is 2. The van der Waals surface area contributed by atoms with Gasteiger partial charge >= 0.3 is 0 Å². The van der Waals surface area contributed by atoms with Crippen LogP contribution in [0.2, 0.25) is 5.02 Å². The van der Waals surface area contributed by atoms with E-state index in [1.165, 1.54) is 11.0 Å². The van der Waals surface area contributed by atoms with Gasteiger partial charge in [-0.15, -0.1) is 10.2 Å². The smallest absolute Gasteiger partial charge is 0.250 e. The highest BCUT2D eigenvalue weighted by atomic mass is 35.5. The van der Waals surface area contributed by atoms with E-state index in [0.717, 1.165) is 6.07 Å². The molecule has 0 saturated heterocycles. The minimum atomic E-state index is -4.23. The van der Waals surface area contributed by atoms with Gasteiger partial charge in [0.2, 0.25) is 11.8 Å². The van der Waals surface area contributed by atoms with Gasteiger partial charge in [0, 0.05) is 23.4 Å². The zero-order valence-electron chi connectivity index (χ0n) is 21.0. The number of anilines is 1. The molecule has 38 heavy (non-hydrogen) atoms. The summed E-state index contributed by atoms with van der Waals surface area (Å²) in [5.74, 6) is -2.84. The van der Waals surface area contributed by atoms with Gasteiger partial charge in [-0.3, -0.25) is 9.59 Å². The topological polar surface area (TPSA) is 148 Å². The first-order chi connectivity index (χ1) is 17.8. The van der Waals surface area contributed by atoms with Crippen molar-refractivity contribution in [1.29, 1.82) is 0 Å². The molecule has 2 heterocycles. The van der Waals surface area contributed by atoms with Crippen LogP contribution in [0.4, 0.5) is 10.1 Å². The lowest BCUT2D eigenvalue weighted by Crippen LogP contribution is -2.50. The fourth-order valence-corrected chi connectivity index (χ4v) is 5.67. The van der Waals surface area contributed by atoms with Gasteiger partial charge in [0.15, 0.2) is 9.84 Å². The van der Waals surface area contributed by atoms with E-state index < -0.39 is 49.6 Å². The van der Waals surface area contributed by atoms with Crippen molar-refractivity contribution < 1.29 is 26.8 Å². The predicted molar refractivity (Wildman–Crippen MR) is 139 cm³/mol. The molecule has 1 aliphatic rings. The number of amides is 2. The molecule has 3 N–H and O–H groups in total. The highest BCUT2D eigenvalue weighted by Crippen LogP contribution is 2.37. The molecular weight excluding hydrogens is 537 g/mol. The van der Waals surface area contributed by atoms with Gasteiger partial charge in [0.1, 0.15) is 11.9 Å². The zero-order valence-corrected chi connectivity index (χ0v) is 22.6. The maximum atomic E-state index is 15.4. The molecule has 13 heteroatoms. The van der Waals surface area contributed by atoms with Crippen molar-refractivity contribution in [3.8, 4) is 11.5 Å². The largest absolute Gasteiger partial charge is 0.420 e. The van der Waals surface area contributed by atoms with Crippen molar-refractivity contribution in [3.05, 3.63) is 58.7 Å². The number of carbonyl (C=O) groups is 2. The lowest BCUT2D eigenvalue weighted by molar-refractivity contribution is -0.127. The minimum absolute atomic E-state index is 0.0174. The number of fused-ring (bicyclic) bond motifs is 1. The molecule has 0 saturated carbocycles. The van der Waals surface area contributed by atoms with Crippen molar-refractivity contribution in [2.24, 2.45) is 5.73 Å². The van der Waals surface area contributed by atoms with Crippen LogP contribution in [0.5, 0.6) is 0 Å². The summed E-state index contributed by atoms with van der Waals surface area (Å²) in [6, 6.07) is 7.23. The number of rotatable bonds is 6. The first-order valence-corrected chi connectivity index (χ1v) is 13.8. The van der Waals surface area contributed by atoms with Crippen LogP contribution < -0.4 is 16.0 Å². The van der Waals surface area contributed by atoms with Gasteiger partial charge in [0.25, 0.3) is 11.8 Å². The van der Waals surface area contributed by atoms with Crippen LogP contribution in [-0.2, 0) is 31.4 Å². The fraction of sp³-hybridized carbons (Fsp3) is 0.360. The molecule has 0 radical (unpaired) electrons. The first-order valence-electron chi connectivity index (χ1n) is 11.8. The van der Waals surface area contributed by atoms with Gasteiger partial charge < -0.3 is 20.4 Å². The lowest BCUT2D eigenvalue weighted by atomic mass is 9.97. The molecule has 0 spiro atoms. The Balaban J connectivity index is 1.88. The SMILES string of the molecule is CC(C)(C)c1nnc(-c2cc3c(cc2F)S(=O)(=O)C[C@H](NC(=O)CCN)C(=O)N3Cc2ccc(Cl)cc2)o1. The van der Waals surface area contributed by atoms with Crippen LogP contribution in [0.1, 0.15) is 38.6 Å². The Morgan fingerprint density at radius 2 is 1.92 bits per heavy atom. The number of hydrogen-bond donors (Lipinski definition) is 2. The monoisotopic (exact) mass is 563 g/mol. The van der Waals surface area contributed by atoms with Crippen LogP contribution >= 0.6 is 11.6 Å². The number of nitrogens with one attached hydrogen (secondary N) is 1. The molecule has 1 aromatic heterocycles. The van der Waals surface area contributed by atoms with Crippen molar-refractivity contribution in [3.63, 3.8) is 0 Å². The minimum Gasteiger partial charge on any atom is -0.420 e. The number of sulfone groups is 1. The number of halogens is 2. The second kappa shape index (κ2) is 10.4. The molecule has 0 unspecified atom stereocenters.